The number of pyridine rings is 1. The normalized spacial score (nSPS) is 11.9. The van der Waals surface area contributed by atoms with Crippen LogP contribution in [0.15, 0.2) is 18.3 Å². The summed E-state index contributed by atoms with van der Waals surface area (Å²) >= 11 is 0. The van der Waals surface area contributed by atoms with Crippen molar-refractivity contribution >= 4 is 11.8 Å². The van der Waals surface area contributed by atoms with Crippen LogP contribution < -0.4 is 10.6 Å². The largest absolute Gasteiger partial charge is 0.383 e. The highest BCUT2D eigenvalue weighted by molar-refractivity contribution is 5.88. The van der Waals surface area contributed by atoms with Gasteiger partial charge >= 0.3 is 6.03 Å². The number of methoxy groups -OCH3 is 1. The van der Waals surface area contributed by atoms with E-state index in [1.807, 2.05) is 19.9 Å². The molecule has 0 aliphatic heterocycles. The SMILES string of the molecule is CC[C@H](COC)NC(=O)Nc1ccc(C)cn1. The fraction of sp³-hybridized carbons (Fsp3) is 0.500. The summed E-state index contributed by atoms with van der Waals surface area (Å²) in [5.41, 5.74) is 1.06. The third-order valence-corrected chi connectivity index (χ3v) is 2.35. The zero-order valence-corrected chi connectivity index (χ0v) is 10.5. The molecule has 1 heterocycles. The van der Waals surface area contributed by atoms with Gasteiger partial charge in [-0.05, 0) is 25.0 Å². The molecular weight excluding hydrogens is 218 g/mol. The third kappa shape index (κ3) is 4.82. The van der Waals surface area contributed by atoms with Gasteiger partial charge in [0.2, 0.25) is 0 Å². The summed E-state index contributed by atoms with van der Waals surface area (Å²) in [5, 5.41) is 5.49. The van der Waals surface area contributed by atoms with Gasteiger partial charge in [0.15, 0.2) is 0 Å². The van der Waals surface area contributed by atoms with Gasteiger partial charge in [-0.2, -0.15) is 0 Å². The Morgan fingerprint density at radius 2 is 2.29 bits per heavy atom. The van der Waals surface area contributed by atoms with Gasteiger partial charge in [0.05, 0.1) is 12.6 Å². The highest BCUT2D eigenvalue weighted by Gasteiger charge is 2.10. The maximum Gasteiger partial charge on any atom is 0.320 e. The van der Waals surface area contributed by atoms with Crippen LogP contribution in [0.25, 0.3) is 0 Å². The summed E-state index contributed by atoms with van der Waals surface area (Å²) in [5.74, 6) is 0.542. The zero-order valence-electron chi connectivity index (χ0n) is 10.5. The topological polar surface area (TPSA) is 63.2 Å². The van der Waals surface area contributed by atoms with E-state index in [0.29, 0.717) is 12.4 Å². The van der Waals surface area contributed by atoms with Crippen LogP contribution in [0.2, 0.25) is 0 Å². The molecule has 2 amide bonds. The van der Waals surface area contributed by atoms with Crippen molar-refractivity contribution in [1.82, 2.24) is 10.3 Å². The molecule has 0 radical (unpaired) electrons. The molecule has 0 aliphatic rings. The number of aryl methyl sites for hydroxylation is 1. The second-order valence-electron chi connectivity index (χ2n) is 3.88. The number of urea groups is 1. The van der Waals surface area contributed by atoms with Crippen LogP contribution in [0.1, 0.15) is 18.9 Å². The van der Waals surface area contributed by atoms with Crippen molar-refractivity contribution in [2.24, 2.45) is 0 Å². The number of ether oxygens (including phenoxy) is 1. The van der Waals surface area contributed by atoms with Crippen LogP contribution in [-0.4, -0.2) is 30.8 Å². The van der Waals surface area contributed by atoms with E-state index in [2.05, 4.69) is 15.6 Å². The number of aromatic nitrogens is 1. The maximum absolute atomic E-state index is 11.6. The van der Waals surface area contributed by atoms with Crippen LogP contribution in [0.3, 0.4) is 0 Å². The molecule has 1 aromatic rings. The van der Waals surface area contributed by atoms with Gasteiger partial charge in [-0.1, -0.05) is 13.0 Å². The van der Waals surface area contributed by atoms with E-state index >= 15 is 0 Å². The summed E-state index contributed by atoms with van der Waals surface area (Å²) in [4.78, 5) is 15.7. The van der Waals surface area contributed by atoms with E-state index in [4.69, 9.17) is 4.74 Å². The first kappa shape index (κ1) is 13.4. The highest BCUT2D eigenvalue weighted by atomic mass is 16.5. The van der Waals surface area contributed by atoms with Gasteiger partial charge in [0.1, 0.15) is 5.82 Å². The number of hydrogen-bond donors (Lipinski definition) is 2. The number of rotatable bonds is 5. The molecule has 1 atom stereocenters. The second-order valence-corrected chi connectivity index (χ2v) is 3.88. The first-order valence-electron chi connectivity index (χ1n) is 5.64. The van der Waals surface area contributed by atoms with Crippen LogP contribution in [-0.2, 0) is 4.74 Å². The maximum atomic E-state index is 11.6. The molecule has 2 N–H and O–H groups in total. The van der Waals surface area contributed by atoms with E-state index in [9.17, 15) is 4.79 Å². The number of carbonyl (C=O) groups excluding carboxylic acids is 1. The van der Waals surface area contributed by atoms with Crippen molar-refractivity contribution < 1.29 is 9.53 Å². The first-order chi connectivity index (χ1) is 8.15. The fourth-order valence-electron chi connectivity index (χ4n) is 1.34. The number of anilines is 1. The van der Waals surface area contributed by atoms with Gasteiger partial charge in [-0.15, -0.1) is 0 Å². The Kier molecular flexibility index (Phi) is 5.42. The smallest absolute Gasteiger partial charge is 0.320 e. The number of nitrogens with zero attached hydrogens (tertiary/aromatic N) is 1. The van der Waals surface area contributed by atoms with E-state index in [-0.39, 0.29) is 12.1 Å². The number of carbonyl (C=O) groups is 1. The van der Waals surface area contributed by atoms with E-state index in [1.165, 1.54) is 0 Å². The predicted octanol–water partition coefficient (Wildman–Crippen LogP) is 1.94. The van der Waals surface area contributed by atoms with Gasteiger partial charge in [-0.3, -0.25) is 5.32 Å². The zero-order chi connectivity index (χ0) is 12.7. The molecule has 94 valence electrons. The van der Waals surface area contributed by atoms with Gasteiger partial charge in [0.25, 0.3) is 0 Å². The molecule has 0 unspecified atom stereocenters. The Balaban J connectivity index is 2.46. The van der Waals surface area contributed by atoms with Crippen molar-refractivity contribution in [2.45, 2.75) is 26.3 Å². The lowest BCUT2D eigenvalue weighted by molar-refractivity contribution is 0.165. The van der Waals surface area contributed by atoms with Crippen LogP contribution in [0.4, 0.5) is 10.6 Å². The average molecular weight is 237 g/mol. The molecule has 0 saturated carbocycles. The second kappa shape index (κ2) is 6.85. The minimum absolute atomic E-state index is 0.0189. The molecule has 0 spiro atoms. The molecule has 0 aromatic carbocycles. The summed E-state index contributed by atoms with van der Waals surface area (Å²) in [6, 6.07) is 3.43. The quantitative estimate of drug-likeness (QED) is 0.822. The number of amides is 2. The lowest BCUT2D eigenvalue weighted by Crippen LogP contribution is -2.40. The van der Waals surface area contributed by atoms with Crippen molar-refractivity contribution in [3.8, 4) is 0 Å². The van der Waals surface area contributed by atoms with Crippen molar-refractivity contribution in [1.29, 1.82) is 0 Å². The lowest BCUT2D eigenvalue weighted by atomic mass is 10.2. The Morgan fingerprint density at radius 3 is 2.82 bits per heavy atom. The number of nitrogens with one attached hydrogen (secondary N) is 2. The molecule has 0 saturated heterocycles. The minimum atomic E-state index is -0.259. The van der Waals surface area contributed by atoms with Crippen LogP contribution >= 0.6 is 0 Å². The van der Waals surface area contributed by atoms with Crippen LogP contribution in [0, 0.1) is 6.92 Å². The van der Waals surface area contributed by atoms with Gasteiger partial charge in [-0.25, -0.2) is 9.78 Å². The van der Waals surface area contributed by atoms with Gasteiger partial charge < -0.3 is 10.1 Å². The fourth-order valence-corrected chi connectivity index (χ4v) is 1.34. The highest BCUT2D eigenvalue weighted by Crippen LogP contribution is 2.03. The van der Waals surface area contributed by atoms with Crippen LogP contribution in [0.5, 0.6) is 0 Å². The third-order valence-electron chi connectivity index (χ3n) is 2.35. The van der Waals surface area contributed by atoms with E-state index < -0.39 is 0 Å². The van der Waals surface area contributed by atoms with Gasteiger partial charge in [0, 0.05) is 13.3 Å². The molecule has 1 rings (SSSR count). The lowest BCUT2D eigenvalue weighted by Gasteiger charge is -2.16. The molecular formula is C12H19N3O2. The molecule has 0 fully saturated rings. The van der Waals surface area contributed by atoms with Crippen molar-refractivity contribution in [3.05, 3.63) is 23.9 Å². The Hall–Kier alpha value is -1.62. The van der Waals surface area contributed by atoms with E-state index in [0.717, 1.165) is 12.0 Å². The molecule has 0 bridgehead atoms. The Labute approximate surface area is 102 Å². The summed E-state index contributed by atoms with van der Waals surface area (Å²) in [6.07, 6.45) is 2.53. The summed E-state index contributed by atoms with van der Waals surface area (Å²) in [7, 11) is 1.61. The molecule has 17 heavy (non-hydrogen) atoms. The molecule has 5 nitrogen and oxygen atoms in total. The summed E-state index contributed by atoms with van der Waals surface area (Å²) < 4.78 is 5.00. The van der Waals surface area contributed by atoms with E-state index in [1.54, 1.807) is 19.4 Å². The van der Waals surface area contributed by atoms with Crippen molar-refractivity contribution in [3.63, 3.8) is 0 Å². The number of hydrogen-bond acceptors (Lipinski definition) is 3. The minimum Gasteiger partial charge on any atom is -0.383 e. The average Bonchev–Trinajstić information content (AvgIpc) is 2.31. The standard InChI is InChI=1S/C12H19N3O2/c1-4-10(8-17-3)14-12(16)15-11-6-5-9(2)7-13-11/h5-7,10H,4,8H2,1-3H3,(H2,13,14,15,16)/t10-/m1/s1. The Morgan fingerprint density at radius 1 is 1.53 bits per heavy atom. The van der Waals surface area contributed by atoms with Crippen molar-refractivity contribution in [2.75, 3.05) is 19.0 Å². The molecule has 5 heteroatoms. The molecule has 1 aromatic heterocycles. The predicted molar refractivity (Wildman–Crippen MR) is 67.1 cm³/mol. The first-order valence-corrected chi connectivity index (χ1v) is 5.64. The Bertz CT molecular complexity index is 351. The monoisotopic (exact) mass is 237 g/mol. The molecule has 0 aliphatic carbocycles. The summed E-state index contributed by atoms with van der Waals surface area (Å²) in [6.45, 7) is 4.45.